The number of primary amides is 1. The Morgan fingerprint density at radius 2 is 2.13 bits per heavy atom. The van der Waals surface area contributed by atoms with Crippen LogP contribution < -0.4 is 11.5 Å². The number of hydrogen-bond acceptors (Lipinski definition) is 4. The average molecular weight is 215 g/mol. The molecule has 1 saturated heterocycles. The molecule has 1 aliphatic rings. The molecule has 0 aliphatic carbocycles. The number of nitrogens with zero attached hydrogens (tertiary/aromatic N) is 1. The summed E-state index contributed by atoms with van der Waals surface area (Å²) in [5.74, 6) is -0.429. The van der Waals surface area contributed by atoms with Crippen molar-refractivity contribution in [1.82, 2.24) is 4.90 Å². The highest BCUT2D eigenvalue weighted by molar-refractivity contribution is 5.79. The molecular weight excluding hydrogens is 194 g/mol. The Balaban J connectivity index is 2.22. The van der Waals surface area contributed by atoms with E-state index < -0.39 is 11.9 Å². The molecule has 0 aromatic carbocycles. The van der Waals surface area contributed by atoms with Gasteiger partial charge in [-0.25, -0.2) is 0 Å². The monoisotopic (exact) mass is 215 g/mol. The molecule has 88 valence electrons. The van der Waals surface area contributed by atoms with Crippen LogP contribution in [0.5, 0.6) is 0 Å². The largest absolute Gasteiger partial charge is 0.378 e. The van der Waals surface area contributed by atoms with Gasteiger partial charge in [-0.3, -0.25) is 4.79 Å². The Morgan fingerprint density at radius 3 is 2.60 bits per heavy atom. The molecule has 0 saturated carbocycles. The quantitative estimate of drug-likeness (QED) is 0.635. The molecule has 1 heterocycles. The van der Waals surface area contributed by atoms with E-state index in [1.165, 1.54) is 0 Å². The van der Waals surface area contributed by atoms with Crippen LogP contribution in [0.3, 0.4) is 0 Å². The molecule has 1 aliphatic heterocycles. The second kappa shape index (κ2) is 6.05. The molecule has 5 heteroatoms. The Morgan fingerprint density at radius 1 is 1.53 bits per heavy atom. The molecule has 1 rings (SSSR count). The van der Waals surface area contributed by atoms with E-state index in [0.717, 1.165) is 32.5 Å². The van der Waals surface area contributed by atoms with E-state index in [-0.39, 0.29) is 0 Å². The number of piperidine rings is 1. The summed E-state index contributed by atoms with van der Waals surface area (Å²) in [4.78, 5) is 13.0. The standard InChI is InChI=1S/C10H21N3O2/c1-2-15-8-3-5-13(6-4-8)7-9(11)10(12)14/h8-9H,2-7,11H2,1H3,(H2,12,14). The van der Waals surface area contributed by atoms with Crippen LogP contribution in [0.25, 0.3) is 0 Å². The number of rotatable bonds is 5. The molecule has 0 spiro atoms. The molecule has 15 heavy (non-hydrogen) atoms. The van der Waals surface area contributed by atoms with Crippen LogP contribution in [0, 0.1) is 0 Å². The van der Waals surface area contributed by atoms with Crippen LogP contribution in [0.4, 0.5) is 0 Å². The van der Waals surface area contributed by atoms with Gasteiger partial charge in [-0.2, -0.15) is 0 Å². The third-order valence-electron chi connectivity index (χ3n) is 2.76. The summed E-state index contributed by atoms with van der Waals surface area (Å²) >= 11 is 0. The lowest BCUT2D eigenvalue weighted by atomic mass is 10.1. The normalized spacial score (nSPS) is 21.5. The van der Waals surface area contributed by atoms with Crippen LogP contribution in [0.2, 0.25) is 0 Å². The molecule has 1 fully saturated rings. The van der Waals surface area contributed by atoms with Gasteiger partial charge in [0.1, 0.15) is 0 Å². The topological polar surface area (TPSA) is 81.6 Å². The fourth-order valence-electron chi connectivity index (χ4n) is 1.86. The predicted octanol–water partition coefficient (Wildman–Crippen LogP) is -0.700. The van der Waals surface area contributed by atoms with Crippen LogP contribution in [-0.4, -0.2) is 49.2 Å². The first-order valence-corrected chi connectivity index (χ1v) is 5.52. The van der Waals surface area contributed by atoms with Gasteiger partial charge in [0.05, 0.1) is 12.1 Å². The highest BCUT2D eigenvalue weighted by Gasteiger charge is 2.21. The fourth-order valence-corrected chi connectivity index (χ4v) is 1.86. The lowest BCUT2D eigenvalue weighted by Crippen LogP contribution is -2.48. The molecule has 1 unspecified atom stereocenters. The van der Waals surface area contributed by atoms with E-state index in [4.69, 9.17) is 16.2 Å². The van der Waals surface area contributed by atoms with Crippen molar-refractivity contribution in [1.29, 1.82) is 0 Å². The average Bonchev–Trinajstić information content (AvgIpc) is 2.21. The summed E-state index contributed by atoms with van der Waals surface area (Å²) in [6.45, 7) is 5.21. The van der Waals surface area contributed by atoms with Gasteiger partial charge in [-0.05, 0) is 19.8 Å². The Hall–Kier alpha value is -0.650. The molecule has 1 atom stereocenters. The second-order valence-electron chi connectivity index (χ2n) is 3.96. The molecule has 0 radical (unpaired) electrons. The minimum absolute atomic E-state index is 0.371. The van der Waals surface area contributed by atoms with Gasteiger partial charge in [-0.15, -0.1) is 0 Å². The molecule has 1 amide bonds. The summed E-state index contributed by atoms with van der Waals surface area (Å²) < 4.78 is 5.53. The van der Waals surface area contributed by atoms with Crippen molar-refractivity contribution in [3.63, 3.8) is 0 Å². The molecule has 4 N–H and O–H groups in total. The van der Waals surface area contributed by atoms with Gasteiger partial charge < -0.3 is 21.1 Å². The van der Waals surface area contributed by atoms with Crippen molar-refractivity contribution >= 4 is 5.91 Å². The second-order valence-corrected chi connectivity index (χ2v) is 3.96. The van der Waals surface area contributed by atoms with E-state index in [9.17, 15) is 4.79 Å². The SMILES string of the molecule is CCOC1CCN(CC(N)C(N)=O)CC1. The van der Waals surface area contributed by atoms with Gasteiger partial charge in [-0.1, -0.05) is 0 Å². The first kappa shape index (κ1) is 12.4. The van der Waals surface area contributed by atoms with Gasteiger partial charge in [0.25, 0.3) is 0 Å². The van der Waals surface area contributed by atoms with E-state index in [1.54, 1.807) is 0 Å². The van der Waals surface area contributed by atoms with Crippen molar-refractivity contribution < 1.29 is 9.53 Å². The highest BCUT2D eigenvalue weighted by Crippen LogP contribution is 2.13. The number of ether oxygens (including phenoxy) is 1. The summed E-state index contributed by atoms with van der Waals surface area (Å²) in [6.07, 6.45) is 2.40. The number of carbonyl (C=O) groups excluding carboxylic acids is 1. The smallest absolute Gasteiger partial charge is 0.235 e. The Kier molecular flexibility index (Phi) is 5.01. The number of hydrogen-bond donors (Lipinski definition) is 2. The van der Waals surface area contributed by atoms with Crippen LogP contribution in [0.1, 0.15) is 19.8 Å². The lowest BCUT2D eigenvalue weighted by molar-refractivity contribution is -0.119. The Labute approximate surface area is 90.7 Å². The van der Waals surface area contributed by atoms with Crippen molar-refractivity contribution in [3.05, 3.63) is 0 Å². The summed E-state index contributed by atoms with van der Waals surface area (Å²) in [5.41, 5.74) is 10.7. The van der Waals surface area contributed by atoms with Crippen LogP contribution in [0.15, 0.2) is 0 Å². The zero-order valence-electron chi connectivity index (χ0n) is 9.32. The van der Waals surface area contributed by atoms with Gasteiger partial charge in [0.15, 0.2) is 0 Å². The maximum atomic E-state index is 10.8. The van der Waals surface area contributed by atoms with Crippen molar-refractivity contribution in [2.45, 2.75) is 31.9 Å². The summed E-state index contributed by atoms with van der Waals surface area (Å²) in [5, 5.41) is 0. The number of nitrogens with two attached hydrogens (primary N) is 2. The number of amides is 1. The van der Waals surface area contributed by atoms with Crippen molar-refractivity contribution in [3.8, 4) is 0 Å². The van der Waals surface area contributed by atoms with Gasteiger partial charge in [0, 0.05) is 26.2 Å². The van der Waals surface area contributed by atoms with E-state index >= 15 is 0 Å². The van der Waals surface area contributed by atoms with E-state index in [0.29, 0.717) is 12.6 Å². The van der Waals surface area contributed by atoms with Crippen molar-refractivity contribution in [2.24, 2.45) is 11.5 Å². The third-order valence-corrected chi connectivity index (χ3v) is 2.76. The van der Waals surface area contributed by atoms with Gasteiger partial charge >= 0.3 is 0 Å². The van der Waals surface area contributed by atoms with Crippen molar-refractivity contribution in [2.75, 3.05) is 26.2 Å². The zero-order valence-corrected chi connectivity index (χ0v) is 9.32. The number of likely N-dealkylation sites (tertiary alicyclic amines) is 1. The molecule has 5 nitrogen and oxygen atoms in total. The third kappa shape index (κ3) is 4.15. The Bertz CT molecular complexity index is 203. The minimum Gasteiger partial charge on any atom is -0.378 e. The number of carbonyl (C=O) groups is 1. The fraction of sp³-hybridized carbons (Fsp3) is 0.900. The van der Waals surface area contributed by atoms with Gasteiger partial charge in [0.2, 0.25) is 5.91 Å². The van der Waals surface area contributed by atoms with Crippen LogP contribution >= 0.6 is 0 Å². The summed E-state index contributed by atoms with van der Waals surface area (Å²) in [7, 11) is 0. The molecule has 0 aromatic heterocycles. The minimum atomic E-state index is -0.548. The first-order valence-electron chi connectivity index (χ1n) is 5.52. The molecular formula is C10H21N3O2. The maximum Gasteiger partial charge on any atom is 0.235 e. The summed E-state index contributed by atoms with van der Waals surface area (Å²) in [6, 6.07) is -0.548. The maximum absolute atomic E-state index is 10.8. The van der Waals surface area contributed by atoms with Crippen LogP contribution in [-0.2, 0) is 9.53 Å². The lowest BCUT2D eigenvalue weighted by Gasteiger charge is -2.32. The highest BCUT2D eigenvalue weighted by atomic mass is 16.5. The predicted molar refractivity (Wildman–Crippen MR) is 58.3 cm³/mol. The van der Waals surface area contributed by atoms with E-state index in [2.05, 4.69) is 4.90 Å². The molecule has 0 bridgehead atoms. The first-order chi connectivity index (χ1) is 7.13. The van der Waals surface area contributed by atoms with E-state index in [1.807, 2.05) is 6.92 Å². The molecule has 0 aromatic rings. The zero-order chi connectivity index (χ0) is 11.3.